The number of likely N-dealkylation sites (N-methyl/N-ethyl adjacent to an activating group) is 1. The van der Waals surface area contributed by atoms with Gasteiger partial charge < -0.3 is 10.4 Å². The second kappa shape index (κ2) is 4.52. The number of carbonyl (C=O) groups excluding carboxylic acids is 2. The Balaban J connectivity index is 2.40. The van der Waals surface area contributed by atoms with Gasteiger partial charge in [-0.1, -0.05) is 6.92 Å². The van der Waals surface area contributed by atoms with Gasteiger partial charge in [0.05, 0.1) is 12.5 Å². The Labute approximate surface area is 83.1 Å². The maximum atomic E-state index is 11.4. The second-order valence-corrected chi connectivity index (χ2v) is 3.74. The number of amides is 2. The number of carbonyl (C=O) groups is 2. The van der Waals surface area contributed by atoms with Gasteiger partial charge in [-0.15, -0.1) is 0 Å². The van der Waals surface area contributed by atoms with E-state index in [0.717, 1.165) is 4.90 Å². The van der Waals surface area contributed by atoms with Crippen LogP contribution in [-0.4, -0.2) is 48.1 Å². The van der Waals surface area contributed by atoms with E-state index in [4.69, 9.17) is 5.11 Å². The minimum Gasteiger partial charge on any atom is -0.396 e. The predicted octanol–water partition coefficient (Wildman–Crippen LogP) is -1.04. The van der Waals surface area contributed by atoms with E-state index >= 15 is 0 Å². The number of aliphatic hydroxyl groups excluding tert-OH is 1. The molecule has 1 heterocycles. The van der Waals surface area contributed by atoms with E-state index < -0.39 is 6.04 Å². The van der Waals surface area contributed by atoms with Crippen LogP contribution in [0.25, 0.3) is 0 Å². The van der Waals surface area contributed by atoms with Gasteiger partial charge >= 0.3 is 0 Å². The zero-order valence-corrected chi connectivity index (χ0v) is 8.49. The summed E-state index contributed by atoms with van der Waals surface area (Å²) in [7, 11) is 1.49. The van der Waals surface area contributed by atoms with Crippen LogP contribution in [0.3, 0.4) is 0 Å². The molecule has 1 rings (SSSR count). The zero-order chi connectivity index (χ0) is 10.7. The summed E-state index contributed by atoms with van der Waals surface area (Å²) in [6.07, 6.45) is 0.230. The van der Waals surface area contributed by atoms with E-state index in [-0.39, 0.29) is 30.8 Å². The molecule has 5 nitrogen and oxygen atoms in total. The van der Waals surface area contributed by atoms with E-state index in [1.54, 1.807) is 0 Å². The van der Waals surface area contributed by atoms with Crippen LogP contribution in [0.1, 0.15) is 13.3 Å². The van der Waals surface area contributed by atoms with Crippen molar-refractivity contribution < 1.29 is 14.7 Å². The third-order valence-electron chi connectivity index (χ3n) is 2.41. The highest BCUT2D eigenvalue weighted by molar-refractivity contribution is 6.05. The average Bonchev–Trinajstić information content (AvgIpc) is 2.42. The van der Waals surface area contributed by atoms with Crippen LogP contribution in [0.2, 0.25) is 0 Å². The van der Waals surface area contributed by atoms with Crippen molar-refractivity contribution in [2.45, 2.75) is 19.4 Å². The molecule has 1 saturated heterocycles. The number of likely N-dealkylation sites (tertiary alicyclic amines) is 1. The molecular weight excluding hydrogens is 184 g/mol. The Morgan fingerprint density at radius 3 is 2.71 bits per heavy atom. The number of nitrogens with one attached hydrogen (secondary N) is 1. The van der Waals surface area contributed by atoms with Crippen LogP contribution in [0.4, 0.5) is 0 Å². The van der Waals surface area contributed by atoms with Gasteiger partial charge in [-0.25, -0.2) is 0 Å². The highest BCUT2D eigenvalue weighted by Crippen LogP contribution is 2.10. The number of hydrogen-bond donors (Lipinski definition) is 2. The number of hydrogen-bond acceptors (Lipinski definition) is 4. The molecule has 2 N–H and O–H groups in total. The first-order valence-electron chi connectivity index (χ1n) is 4.71. The van der Waals surface area contributed by atoms with Crippen LogP contribution in [-0.2, 0) is 9.59 Å². The summed E-state index contributed by atoms with van der Waals surface area (Å²) in [6.45, 7) is 2.50. The highest BCUT2D eigenvalue weighted by Gasteiger charge is 2.35. The van der Waals surface area contributed by atoms with Gasteiger partial charge in [-0.3, -0.25) is 14.5 Å². The van der Waals surface area contributed by atoms with Gasteiger partial charge in [-0.2, -0.15) is 0 Å². The molecule has 0 aliphatic carbocycles. The molecule has 0 saturated carbocycles. The maximum Gasteiger partial charge on any atom is 0.246 e. The number of imide groups is 1. The van der Waals surface area contributed by atoms with E-state index in [9.17, 15) is 9.59 Å². The van der Waals surface area contributed by atoms with Gasteiger partial charge in [0.1, 0.15) is 0 Å². The van der Waals surface area contributed by atoms with Crippen LogP contribution in [0.15, 0.2) is 0 Å². The molecule has 0 radical (unpaired) electrons. The molecule has 0 aromatic rings. The van der Waals surface area contributed by atoms with Gasteiger partial charge in [0.25, 0.3) is 0 Å². The fourth-order valence-corrected chi connectivity index (χ4v) is 1.32. The van der Waals surface area contributed by atoms with Crippen molar-refractivity contribution in [1.29, 1.82) is 0 Å². The van der Waals surface area contributed by atoms with Crippen LogP contribution in [0, 0.1) is 5.92 Å². The average molecular weight is 200 g/mol. The van der Waals surface area contributed by atoms with Crippen molar-refractivity contribution in [2.24, 2.45) is 5.92 Å². The lowest BCUT2D eigenvalue weighted by molar-refractivity contribution is -0.137. The van der Waals surface area contributed by atoms with Gasteiger partial charge in [0.2, 0.25) is 11.8 Å². The first-order chi connectivity index (χ1) is 6.56. The van der Waals surface area contributed by atoms with Crippen molar-refractivity contribution in [3.8, 4) is 0 Å². The van der Waals surface area contributed by atoms with Gasteiger partial charge in [-0.05, 0) is 5.92 Å². The highest BCUT2D eigenvalue weighted by atomic mass is 16.3. The van der Waals surface area contributed by atoms with E-state index in [1.165, 1.54) is 7.05 Å². The van der Waals surface area contributed by atoms with Gasteiger partial charge in [0, 0.05) is 20.2 Å². The summed E-state index contributed by atoms with van der Waals surface area (Å²) in [6, 6.07) is -0.401. The standard InChI is InChI=1S/C9H16N2O3/c1-6(5-12)4-10-7-3-8(13)11(2)9(7)14/h6-7,10,12H,3-5H2,1-2H3. The molecule has 2 unspecified atom stereocenters. The van der Waals surface area contributed by atoms with E-state index in [1.807, 2.05) is 6.92 Å². The quantitative estimate of drug-likeness (QED) is 0.569. The second-order valence-electron chi connectivity index (χ2n) is 3.74. The summed E-state index contributed by atoms with van der Waals surface area (Å²) in [5.74, 6) is -0.229. The largest absolute Gasteiger partial charge is 0.396 e. The first-order valence-corrected chi connectivity index (χ1v) is 4.71. The predicted molar refractivity (Wildman–Crippen MR) is 50.4 cm³/mol. The molecule has 0 aromatic carbocycles. The number of rotatable bonds is 4. The Bertz CT molecular complexity index is 242. The lowest BCUT2D eigenvalue weighted by Crippen LogP contribution is -2.39. The third kappa shape index (κ3) is 2.30. The van der Waals surface area contributed by atoms with Gasteiger partial charge in [0.15, 0.2) is 0 Å². The fourth-order valence-electron chi connectivity index (χ4n) is 1.32. The Morgan fingerprint density at radius 2 is 2.29 bits per heavy atom. The Hall–Kier alpha value is -0.940. The van der Waals surface area contributed by atoms with Crippen molar-refractivity contribution in [3.05, 3.63) is 0 Å². The molecule has 2 amide bonds. The minimum absolute atomic E-state index is 0.0810. The molecule has 0 spiro atoms. The molecule has 1 aliphatic rings. The third-order valence-corrected chi connectivity index (χ3v) is 2.41. The maximum absolute atomic E-state index is 11.4. The molecule has 2 atom stereocenters. The molecule has 14 heavy (non-hydrogen) atoms. The zero-order valence-electron chi connectivity index (χ0n) is 8.49. The Morgan fingerprint density at radius 1 is 1.64 bits per heavy atom. The molecule has 1 fully saturated rings. The minimum atomic E-state index is -0.401. The van der Waals surface area contributed by atoms with Crippen LogP contribution in [0.5, 0.6) is 0 Å². The lowest BCUT2D eigenvalue weighted by Gasteiger charge is -2.13. The lowest BCUT2D eigenvalue weighted by atomic mass is 10.1. The van der Waals surface area contributed by atoms with Crippen molar-refractivity contribution in [2.75, 3.05) is 20.2 Å². The van der Waals surface area contributed by atoms with E-state index in [2.05, 4.69) is 5.32 Å². The van der Waals surface area contributed by atoms with Crippen molar-refractivity contribution >= 4 is 11.8 Å². The molecule has 0 aromatic heterocycles. The summed E-state index contributed by atoms with van der Waals surface area (Å²) in [5.41, 5.74) is 0. The molecule has 1 aliphatic heterocycles. The summed E-state index contributed by atoms with van der Waals surface area (Å²) in [5, 5.41) is 11.7. The number of nitrogens with zero attached hydrogens (tertiary/aromatic N) is 1. The number of aliphatic hydroxyl groups is 1. The molecule has 5 heteroatoms. The SMILES string of the molecule is CC(CO)CNC1CC(=O)N(C)C1=O. The molecule has 0 bridgehead atoms. The smallest absolute Gasteiger partial charge is 0.246 e. The molecule has 80 valence electrons. The summed E-state index contributed by atoms with van der Waals surface area (Å²) < 4.78 is 0. The normalized spacial score (nSPS) is 24.5. The topological polar surface area (TPSA) is 69.6 Å². The van der Waals surface area contributed by atoms with Crippen molar-refractivity contribution in [1.82, 2.24) is 10.2 Å². The van der Waals surface area contributed by atoms with Crippen LogP contribution < -0.4 is 5.32 Å². The fraction of sp³-hybridized carbons (Fsp3) is 0.778. The van der Waals surface area contributed by atoms with Crippen LogP contribution >= 0.6 is 0 Å². The summed E-state index contributed by atoms with van der Waals surface area (Å²) in [4.78, 5) is 23.7. The first kappa shape index (κ1) is 11.1. The monoisotopic (exact) mass is 200 g/mol. The summed E-state index contributed by atoms with van der Waals surface area (Å²) >= 11 is 0. The van der Waals surface area contributed by atoms with E-state index in [0.29, 0.717) is 6.54 Å². The molecular formula is C9H16N2O3. The Kier molecular flexibility index (Phi) is 3.60. The van der Waals surface area contributed by atoms with Crippen molar-refractivity contribution in [3.63, 3.8) is 0 Å².